The van der Waals surface area contributed by atoms with Crippen molar-refractivity contribution in [1.82, 2.24) is 4.98 Å². The van der Waals surface area contributed by atoms with Crippen LogP contribution in [0.25, 0.3) is 0 Å². The highest BCUT2D eigenvalue weighted by Crippen LogP contribution is 2.33. The molecule has 2 aromatic carbocycles. The summed E-state index contributed by atoms with van der Waals surface area (Å²) in [6.45, 7) is 0.0624. The molecule has 0 aliphatic heterocycles. The van der Waals surface area contributed by atoms with Gasteiger partial charge in [0.1, 0.15) is 18.1 Å². The third-order valence-electron chi connectivity index (χ3n) is 3.90. The van der Waals surface area contributed by atoms with Crippen molar-refractivity contribution in [3.63, 3.8) is 0 Å². The molecule has 3 rings (SSSR count). The molecule has 144 valence electrons. The predicted molar refractivity (Wildman–Crippen MR) is 98.8 cm³/mol. The van der Waals surface area contributed by atoms with E-state index >= 15 is 0 Å². The molecule has 1 N–H and O–H groups in total. The highest BCUT2D eigenvalue weighted by molar-refractivity contribution is 5.52. The normalized spacial score (nSPS) is 10.6. The van der Waals surface area contributed by atoms with Crippen molar-refractivity contribution in [2.75, 3.05) is 0 Å². The number of aromatic hydroxyl groups is 1. The molecule has 0 saturated heterocycles. The zero-order valence-electron chi connectivity index (χ0n) is 14.9. The minimum absolute atomic E-state index is 0.0624. The number of nitriles is 1. The number of phenols is 1. The average molecular weight is 394 g/mol. The monoisotopic (exact) mass is 394 g/mol. The number of hydrogen-bond acceptors (Lipinski definition) is 4. The molecule has 1 heterocycles. The topological polar surface area (TPSA) is 66.1 Å². The van der Waals surface area contributed by atoms with Gasteiger partial charge in [-0.25, -0.2) is 0 Å². The van der Waals surface area contributed by atoms with Gasteiger partial charge in [0, 0.05) is 22.9 Å². The lowest BCUT2D eigenvalue weighted by molar-refractivity contribution is -0.137. The Bertz CT molecular complexity index is 1120. The number of benzene rings is 2. The van der Waals surface area contributed by atoms with Gasteiger partial charge < -0.3 is 9.84 Å². The van der Waals surface area contributed by atoms with Gasteiger partial charge in [-0.3, -0.25) is 4.98 Å². The first kappa shape index (κ1) is 19.8. The zero-order chi connectivity index (χ0) is 20.9. The maximum atomic E-state index is 13.2. The Morgan fingerprint density at radius 3 is 2.48 bits per heavy atom. The summed E-state index contributed by atoms with van der Waals surface area (Å²) in [5, 5.41) is 18.5. The van der Waals surface area contributed by atoms with Crippen LogP contribution in [-0.2, 0) is 12.8 Å². The molecule has 29 heavy (non-hydrogen) atoms. The lowest BCUT2D eigenvalue weighted by atomic mass is 10.0. The van der Waals surface area contributed by atoms with Gasteiger partial charge >= 0.3 is 6.18 Å². The van der Waals surface area contributed by atoms with E-state index in [1.165, 1.54) is 12.3 Å². The van der Waals surface area contributed by atoms with Crippen LogP contribution < -0.4 is 4.74 Å². The van der Waals surface area contributed by atoms with Gasteiger partial charge in [0.05, 0.1) is 23.4 Å². The second-order valence-corrected chi connectivity index (χ2v) is 5.94. The van der Waals surface area contributed by atoms with Crippen LogP contribution in [0, 0.1) is 23.2 Å². The van der Waals surface area contributed by atoms with E-state index < -0.39 is 17.5 Å². The molecule has 0 aliphatic carbocycles. The second kappa shape index (κ2) is 8.37. The molecular formula is C22H13F3N2O2. The van der Waals surface area contributed by atoms with Crippen LogP contribution in [0.3, 0.4) is 0 Å². The molecule has 7 heteroatoms. The van der Waals surface area contributed by atoms with Crippen molar-refractivity contribution in [3.8, 4) is 29.4 Å². The van der Waals surface area contributed by atoms with Crippen molar-refractivity contribution in [1.29, 1.82) is 5.26 Å². The number of ether oxygens (including phenoxy) is 1. The molecule has 0 radical (unpaired) electrons. The first-order valence-corrected chi connectivity index (χ1v) is 8.35. The fourth-order valence-electron chi connectivity index (χ4n) is 2.51. The van der Waals surface area contributed by atoms with Crippen LogP contribution >= 0.6 is 0 Å². The fraction of sp³-hybridized carbons (Fsp3) is 0.0909. The number of pyridine rings is 1. The summed E-state index contributed by atoms with van der Waals surface area (Å²) in [6, 6.07) is 13.0. The van der Waals surface area contributed by atoms with Gasteiger partial charge in [-0.1, -0.05) is 11.8 Å². The van der Waals surface area contributed by atoms with Gasteiger partial charge in [-0.15, -0.1) is 0 Å². The number of hydrogen-bond donors (Lipinski definition) is 1. The first-order valence-electron chi connectivity index (χ1n) is 8.35. The van der Waals surface area contributed by atoms with Crippen molar-refractivity contribution in [2.24, 2.45) is 0 Å². The summed E-state index contributed by atoms with van der Waals surface area (Å²) in [5.41, 5.74) is 0.0633. The summed E-state index contributed by atoms with van der Waals surface area (Å²) in [4.78, 5) is 3.94. The second-order valence-electron chi connectivity index (χ2n) is 5.94. The molecular weight excluding hydrogens is 381 g/mol. The Morgan fingerprint density at radius 1 is 1.03 bits per heavy atom. The van der Waals surface area contributed by atoms with E-state index in [-0.39, 0.29) is 12.2 Å². The van der Waals surface area contributed by atoms with Gasteiger partial charge in [-0.2, -0.15) is 18.4 Å². The SMILES string of the molecule is N#Cc1ccc(C#Cc2ccc(O)cc2C(F)(F)F)c(COc2cccnc2)c1. The Labute approximate surface area is 164 Å². The number of nitrogens with zero attached hydrogens (tertiary/aromatic N) is 2. The number of alkyl halides is 3. The van der Waals surface area contributed by atoms with E-state index in [1.807, 2.05) is 6.07 Å². The molecule has 4 nitrogen and oxygen atoms in total. The van der Waals surface area contributed by atoms with E-state index in [1.54, 1.807) is 30.5 Å². The summed E-state index contributed by atoms with van der Waals surface area (Å²) in [7, 11) is 0. The smallest absolute Gasteiger partial charge is 0.417 e. The van der Waals surface area contributed by atoms with Crippen molar-refractivity contribution >= 4 is 0 Å². The third-order valence-corrected chi connectivity index (χ3v) is 3.90. The van der Waals surface area contributed by atoms with Crippen LogP contribution in [0.4, 0.5) is 13.2 Å². The predicted octanol–water partition coefficient (Wildman–Crippen LogP) is 4.66. The lowest BCUT2D eigenvalue weighted by Crippen LogP contribution is -2.07. The Kier molecular flexibility index (Phi) is 5.71. The summed E-state index contributed by atoms with van der Waals surface area (Å²) >= 11 is 0. The van der Waals surface area contributed by atoms with Crippen molar-refractivity contribution in [2.45, 2.75) is 12.8 Å². The Hall–Kier alpha value is -3.97. The van der Waals surface area contributed by atoms with Crippen LogP contribution in [0.5, 0.6) is 11.5 Å². The van der Waals surface area contributed by atoms with E-state index in [2.05, 4.69) is 16.8 Å². The molecule has 0 atom stereocenters. The molecule has 0 fully saturated rings. The van der Waals surface area contributed by atoms with E-state index in [4.69, 9.17) is 10.00 Å². The van der Waals surface area contributed by atoms with E-state index in [0.29, 0.717) is 28.5 Å². The molecule has 0 unspecified atom stereocenters. The molecule has 0 spiro atoms. The first-order chi connectivity index (χ1) is 13.9. The summed E-state index contributed by atoms with van der Waals surface area (Å²) in [5.74, 6) is 5.23. The van der Waals surface area contributed by atoms with Gasteiger partial charge in [0.2, 0.25) is 0 Å². The molecule has 0 bridgehead atoms. The largest absolute Gasteiger partial charge is 0.508 e. The highest BCUT2D eigenvalue weighted by atomic mass is 19.4. The zero-order valence-corrected chi connectivity index (χ0v) is 14.9. The van der Waals surface area contributed by atoms with Crippen LogP contribution in [0.15, 0.2) is 60.9 Å². The maximum Gasteiger partial charge on any atom is 0.417 e. The molecule has 1 aromatic heterocycles. The van der Waals surface area contributed by atoms with E-state index in [0.717, 1.165) is 12.1 Å². The van der Waals surface area contributed by atoms with Crippen molar-refractivity contribution < 1.29 is 23.0 Å². The van der Waals surface area contributed by atoms with Gasteiger partial charge in [0.25, 0.3) is 0 Å². The van der Waals surface area contributed by atoms with Crippen molar-refractivity contribution in [3.05, 3.63) is 88.7 Å². The van der Waals surface area contributed by atoms with Crippen LogP contribution in [-0.4, -0.2) is 10.1 Å². The standard InChI is InChI=1S/C22H13F3N2O2/c23-22(24,25)21-11-19(28)8-7-17(21)6-5-16-4-3-15(12-26)10-18(16)14-29-20-2-1-9-27-13-20/h1-4,7-11,13,28H,14H2. The summed E-state index contributed by atoms with van der Waals surface area (Å²) in [6.07, 6.45) is -1.54. The third kappa shape index (κ3) is 5.06. The molecule has 3 aromatic rings. The average Bonchev–Trinajstić information content (AvgIpc) is 2.71. The Balaban J connectivity index is 1.96. The fourth-order valence-corrected chi connectivity index (χ4v) is 2.51. The number of halogens is 3. The highest BCUT2D eigenvalue weighted by Gasteiger charge is 2.33. The number of aromatic nitrogens is 1. The van der Waals surface area contributed by atoms with Crippen LogP contribution in [0.2, 0.25) is 0 Å². The minimum atomic E-state index is -4.65. The molecule has 0 aliphatic rings. The van der Waals surface area contributed by atoms with Gasteiger partial charge in [-0.05, 0) is 48.5 Å². The van der Waals surface area contributed by atoms with E-state index in [9.17, 15) is 18.3 Å². The lowest BCUT2D eigenvalue weighted by Gasteiger charge is -2.10. The minimum Gasteiger partial charge on any atom is -0.508 e. The maximum absolute atomic E-state index is 13.2. The van der Waals surface area contributed by atoms with Crippen LogP contribution in [0.1, 0.15) is 27.8 Å². The molecule has 0 amide bonds. The Morgan fingerprint density at radius 2 is 1.79 bits per heavy atom. The number of rotatable bonds is 3. The van der Waals surface area contributed by atoms with Gasteiger partial charge in [0.15, 0.2) is 0 Å². The summed E-state index contributed by atoms with van der Waals surface area (Å²) < 4.78 is 45.2. The number of phenolic OH excluding ortho intramolecular Hbond substituents is 1. The molecule has 0 saturated carbocycles. The quantitative estimate of drug-likeness (QED) is 0.657.